The summed E-state index contributed by atoms with van der Waals surface area (Å²) in [6.45, 7) is 0. The van der Waals surface area contributed by atoms with E-state index in [4.69, 9.17) is 0 Å². The predicted molar refractivity (Wildman–Crippen MR) is 229 cm³/mol. The Bertz CT molecular complexity index is 2930. The number of anilines is 3. The second-order valence-electron chi connectivity index (χ2n) is 13.8. The van der Waals surface area contributed by atoms with Crippen LogP contribution in [0.2, 0.25) is 0 Å². The van der Waals surface area contributed by atoms with Crippen molar-refractivity contribution in [2.75, 3.05) is 4.90 Å². The van der Waals surface area contributed by atoms with Crippen LogP contribution in [-0.2, 0) is 0 Å². The van der Waals surface area contributed by atoms with E-state index in [1.165, 1.54) is 66.0 Å². The first-order valence-corrected chi connectivity index (χ1v) is 18.5. The smallest absolute Gasteiger partial charge is 0.0547 e. The molecule has 1 aromatic heterocycles. The second-order valence-corrected chi connectivity index (χ2v) is 13.8. The Balaban J connectivity index is 1.26. The monoisotopic (exact) mass is 688 g/mol. The van der Waals surface area contributed by atoms with Crippen molar-refractivity contribution in [1.82, 2.24) is 4.57 Å². The van der Waals surface area contributed by atoms with Crippen molar-refractivity contribution in [3.05, 3.63) is 218 Å². The fourth-order valence-electron chi connectivity index (χ4n) is 8.06. The zero-order chi connectivity index (χ0) is 35.8. The molecule has 254 valence electrons. The molecule has 1 heterocycles. The molecule has 0 spiro atoms. The summed E-state index contributed by atoms with van der Waals surface area (Å²) in [6, 6.07) is 78.9. The van der Waals surface area contributed by atoms with Gasteiger partial charge >= 0.3 is 0 Å². The average Bonchev–Trinajstić information content (AvgIpc) is 3.59. The zero-order valence-corrected chi connectivity index (χ0v) is 29.7. The number of aromatic nitrogens is 1. The molecular formula is C52H36N2. The van der Waals surface area contributed by atoms with E-state index in [9.17, 15) is 0 Å². The first kappa shape index (κ1) is 31.6. The van der Waals surface area contributed by atoms with Gasteiger partial charge < -0.3 is 9.47 Å². The van der Waals surface area contributed by atoms with Gasteiger partial charge in [-0.05, 0) is 99.3 Å². The molecule has 0 atom stereocenters. The molecule has 54 heavy (non-hydrogen) atoms. The van der Waals surface area contributed by atoms with Gasteiger partial charge in [-0.1, -0.05) is 158 Å². The quantitative estimate of drug-likeness (QED) is 0.162. The van der Waals surface area contributed by atoms with Crippen LogP contribution in [-0.4, -0.2) is 4.57 Å². The third-order valence-electron chi connectivity index (χ3n) is 10.5. The number of hydrogen-bond acceptors (Lipinski definition) is 1. The van der Waals surface area contributed by atoms with Crippen molar-refractivity contribution in [3.8, 4) is 39.1 Å². The third-order valence-corrected chi connectivity index (χ3v) is 10.5. The highest BCUT2D eigenvalue weighted by atomic mass is 15.1. The van der Waals surface area contributed by atoms with Crippen molar-refractivity contribution in [3.63, 3.8) is 0 Å². The van der Waals surface area contributed by atoms with Gasteiger partial charge in [-0.15, -0.1) is 0 Å². The van der Waals surface area contributed by atoms with Crippen molar-refractivity contribution in [2.45, 2.75) is 0 Å². The van der Waals surface area contributed by atoms with Crippen LogP contribution < -0.4 is 4.90 Å². The van der Waals surface area contributed by atoms with Crippen LogP contribution in [0.1, 0.15) is 0 Å². The summed E-state index contributed by atoms with van der Waals surface area (Å²) in [5.41, 5.74) is 14.0. The van der Waals surface area contributed by atoms with Gasteiger partial charge in [-0.2, -0.15) is 0 Å². The SMILES string of the molecule is c1ccc(-c2cccc(-c3cccc4c3c3cc(N(c5ccc6ccccc6c5)c5ccccc5-c5ccccc5)ccc3n4-c3ccccc3)c2)cc1. The normalized spacial score (nSPS) is 11.3. The van der Waals surface area contributed by atoms with Crippen molar-refractivity contribution >= 4 is 49.6 Å². The summed E-state index contributed by atoms with van der Waals surface area (Å²) in [5, 5.41) is 4.87. The largest absolute Gasteiger partial charge is 0.310 e. The van der Waals surface area contributed by atoms with Crippen molar-refractivity contribution in [1.29, 1.82) is 0 Å². The Morgan fingerprint density at radius 2 is 0.926 bits per heavy atom. The molecule has 10 aromatic rings. The molecule has 0 aliphatic heterocycles. The summed E-state index contributed by atoms with van der Waals surface area (Å²) >= 11 is 0. The molecule has 0 aliphatic rings. The standard InChI is InChI=1S/C52H36N2/c1-4-16-37(17-5-1)40-22-14-23-42(34-40)47-27-15-29-51-52(47)48-36-45(32-33-50(48)54(51)43-24-8-3-9-25-43)53(44-31-30-38-18-10-11-21-41(38)35-44)49-28-13-12-26-46(49)39-19-6-2-7-20-39/h1-36H. The number of nitrogens with zero attached hydrogens (tertiary/aromatic N) is 2. The third kappa shape index (κ3) is 5.53. The van der Waals surface area contributed by atoms with Gasteiger partial charge in [0, 0.05) is 33.4 Å². The van der Waals surface area contributed by atoms with E-state index in [-0.39, 0.29) is 0 Å². The molecule has 0 bridgehead atoms. The molecule has 0 N–H and O–H groups in total. The van der Waals surface area contributed by atoms with E-state index in [0.717, 1.165) is 22.7 Å². The fourth-order valence-corrected chi connectivity index (χ4v) is 8.06. The second kappa shape index (κ2) is 13.4. The lowest BCUT2D eigenvalue weighted by Gasteiger charge is -2.28. The number of benzene rings is 9. The first-order chi connectivity index (χ1) is 26.8. The maximum absolute atomic E-state index is 2.43. The zero-order valence-electron chi connectivity index (χ0n) is 29.7. The molecule has 0 saturated heterocycles. The van der Waals surface area contributed by atoms with Crippen LogP contribution in [0.5, 0.6) is 0 Å². The summed E-state index contributed by atoms with van der Waals surface area (Å²) in [7, 11) is 0. The molecule has 0 aliphatic carbocycles. The van der Waals surface area contributed by atoms with Gasteiger partial charge in [0.1, 0.15) is 0 Å². The van der Waals surface area contributed by atoms with Gasteiger partial charge in [0.25, 0.3) is 0 Å². The predicted octanol–water partition coefficient (Wildman–Crippen LogP) is 14.4. The van der Waals surface area contributed by atoms with E-state index in [2.05, 4.69) is 228 Å². The minimum absolute atomic E-state index is 1.10. The Kier molecular flexibility index (Phi) is 7.85. The van der Waals surface area contributed by atoms with Gasteiger partial charge in [0.15, 0.2) is 0 Å². The summed E-state index contributed by atoms with van der Waals surface area (Å²) < 4.78 is 2.41. The molecule has 10 rings (SSSR count). The molecule has 0 saturated carbocycles. The van der Waals surface area contributed by atoms with Gasteiger partial charge in [0.2, 0.25) is 0 Å². The lowest BCUT2D eigenvalue weighted by atomic mass is 9.95. The Morgan fingerprint density at radius 3 is 1.74 bits per heavy atom. The lowest BCUT2D eigenvalue weighted by molar-refractivity contribution is 1.18. The maximum atomic E-state index is 2.43. The number of fused-ring (bicyclic) bond motifs is 4. The van der Waals surface area contributed by atoms with Gasteiger partial charge in [0.05, 0.1) is 16.7 Å². The summed E-state index contributed by atoms with van der Waals surface area (Å²) in [4.78, 5) is 2.43. The van der Waals surface area contributed by atoms with Crippen molar-refractivity contribution < 1.29 is 0 Å². The van der Waals surface area contributed by atoms with Crippen LogP contribution >= 0.6 is 0 Å². The highest BCUT2D eigenvalue weighted by molar-refractivity contribution is 6.17. The summed E-state index contributed by atoms with van der Waals surface area (Å²) in [5.74, 6) is 0. The van der Waals surface area contributed by atoms with Crippen LogP contribution in [0.4, 0.5) is 17.1 Å². The molecule has 0 amide bonds. The Morgan fingerprint density at radius 1 is 0.333 bits per heavy atom. The van der Waals surface area contributed by atoms with Gasteiger partial charge in [-0.25, -0.2) is 0 Å². The van der Waals surface area contributed by atoms with Gasteiger partial charge in [-0.3, -0.25) is 0 Å². The first-order valence-electron chi connectivity index (χ1n) is 18.5. The molecule has 0 radical (unpaired) electrons. The molecule has 2 nitrogen and oxygen atoms in total. The fraction of sp³-hybridized carbons (Fsp3) is 0. The number of para-hydroxylation sites is 2. The molecule has 0 fully saturated rings. The van der Waals surface area contributed by atoms with Crippen LogP contribution in [0.15, 0.2) is 218 Å². The Labute approximate surface area is 315 Å². The minimum atomic E-state index is 1.10. The summed E-state index contributed by atoms with van der Waals surface area (Å²) in [6.07, 6.45) is 0. The minimum Gasteiger partial charge on any atom is -0.310 e. The van der Waals surface area contributed by atoms with E-state index in [1.807, 2.05) is 0 Å². The highest BCUT2D eigenvalue weighted by Gasteiger charge is 2.21. The molecular weight excluding hydrogens is 653 g/mol. The van der Waals surface area contributed by atoms with E-state index < -0.39 is 0 Å². The number of rotatable bonds is 7. The lowest BCUT2D eigenvalue weighted by Crippen LogP contribution is -2.11. The van der Waals surface area contributed by atoms with E-state index in [1.54, 1.807) is 0 Å². The molecule has 9 aromatic carbocycles. The van der Waals surface area contributed by atoms with Crippen molar-refractivity contribution in [2.24, 2.45) is 0 Å². The Hall–Kier alpha value is -7.16. The van der Waals surface area contributed by atoms with E-state index >= 15 is 0 Å². The molecule has 2 heteroatoms. The number of hydrogen-bond donors (Lipinski definition) is 0. The highest BCUT2D eigenvalue weighted by Crippen LogP contribution is 2.45. The maximum Gasteiger partial charge on any atom is 0.0547 e. The van der Waals surface area contributed by atoms with E-state index in [0.29, 0.717) is 0 Å². The van der Waals surface area contributed by atoms with Crippen LogP contribution in [0.25, 0.3) is 71.6 Å². The molecule has 0 unspecified atom stereocenters. The van der Waals surface area contributed by atoms with Crippen LogP contribution in [0, 0.1) is 0 Å². The van der Waals surface area contributed by atoms with Crippen LogP contribution in [0.3, 0.4) is 0 Å². The topological polar surface area (TPSA) is 8.17 Å². The average molecular weight is 689 g/mol.